The van der Waals surface area contributed by atoms with Gasteiger partial charge < -0.3 is 5.11 Å². The second kappa shape index (κ2) is 12.3. The van der Waals surface area contributed by atoms with Gasteiger partial charge in [-0.15, -0.1) is 0 Å². The lowest BCUT2D eigenvalue weighted by atomic mass is 10.1. The van der Waals surface area contributed by atoms with E-state index in [1.54, 1.807) is 48.5 Å². The van der Waals surface area contributed by atoms with Gasteiger partial charge in [-0.1, -0.05) is 77.3 Å². The first kappa shape index (κ1) is 30.0. The lowest BCUT2D eigenvalue weighted by Crippen LogP contribution is -2.30. The molecule has 4 aromatic rings. The Morgan fingerprint density at radius 2 is 1.43 bits per heavy atom. The highest BCUT2D eigenvalue weighted by Gasteiger charge is 2.29. The van der Waals surface area contributed by atoms with E-state index in [0.29, 0.717) is 16.7 Å². The molecule has 0 saturated carbocycles. The zero-order chi connectivity index (χ0) is 29.1. The van der Waals surface area contributed by atoms with Gasteiger partial charge in [-0.05, 0) is 66.4 Å². The second-order valence-electron chi connectivity index (χ2n) is 9.34. The number of phenols is 1. The highest BCUT2D eigenvalue weighted by atomic mass is 35.5. The summed E-state index contributed by atoms with van der Waals surface area (Å²) in [7, 11) is -7.86. The van der Waals surface area contributed by atoms with Crippen molar-refractivity contribution in [1.82, 2.24) is 4.31 Å². The molecule has 0 radical (unpaired) electrons. The summed E-state index contributed by atoms with van der Waals surface area (Å²) in [4.78, 5) is -0.224. The van der Waals surface area contributed by atoms with Gasteiger partial charge in [-0.3, -0.25) is 0 Å². The maximum atomic E-state index is 13.8. The number of hydrogen-bond donors (Lipinski definition) is 1. The van der Waals surface area contributed by atoms with E-state index in [2.05, 4.69) is 0 Å². The van der Waals surface area contributed by atoms with Gasteiger partial charge in [0.15, 0.2) is 15.6 Å². The van der Waals surface area contributed by atoms with Crippen LogP contribution in [-0.2, 0) is 39.4 Å². The molecule has 0 heterocycles. The van der Waals surface area contributed by atoms with Crippen LogP contribution in [0.2, 0.25) is 10.0 Å². The second-order valence-corrected chi connectivity index (χ2v) is 14.2. The van der Waals surface area contributed by atoms with Crippen LogP contribution in [0.25, 0.3) is 0 Å². The fourth-order valence-corrected chi connectivity index (χ4v) is 7.55. The van der Waals surface area contributed by atoms with E-state index in [-0.39, 0.29) is 40.2 Å². The molecule has 0 atom stereocenters. The molecule has 1 N–H and O–H groups in total. The highest BCUT2D eigenvalue weighted by Crippen LogP contribution is 2.36. The number of halogens is 3. The van der Waals surface area contributed by atoms with Crippen LogP contribution in [0.3, 0.4) is 0 Å². The normalized spacial score (nSPS) is 12.1. The molecule has 0 unspecified atom stereocenters. The van der Waals surface area contributed by atoms with E-state index in [0.717, 1.165) is 15.9 Å². The molecule has 0 bridgehead atoms. The number of sulfone groups is 1. The largest absolute Gasteiger partial charge is 0.505 e. The maximum Gasteiger partial charge on any atom is 0.247 e. The monoisotopic (exact) mass is 621 g/mol. The Morgan fingerprint density at radius 1 is 0.800 bits per heavy atom. The molecule has 0 fully saturated rings. The molecular formula is C29H26Cl2FNO5S2. The first-order valence-electron chi connectivity index (χ1n) is 12.1. The minimum Gasteiger partial charge on any atom is -0.505 e. The molecule has 4 aromatic carbocycles. The van der Waals surface area contributed by atoms with Gasteiger partial charge in [-0.2, -0.15) is 4.31 Å². The molecule has 11 heteroatoms. The summed E-state index contributed by atoms with van der Waals surface area (Å²) < 4.78 is 67.8. The zero-order valence-electron chi connectivity index (χ0n) is 21.4. The van der Waals surface area contributed by atoms with E-state index < -0.39 is 36.3 Å². The van der Waals surface area contributed by atoms with E-state index in [1.165, 1.54) is 30.3 Å². The minimum absolute atomic E-state index is 0.0277. The maximum absolute atomic E-state index is 13.8. The predicted octanol–water partition coefficient (Wildman–Crippen LogP) is 6.55. The number of sulfonamides is 1. The summed E-state index contributed by atoms with van der Waals surface area (Å²) in [5.74, 6) is -1.22. The molecule has 0 aromatic heterocycles. The van der Waals surface area contributed by atoms with Crippen LogP contribution in [0.1, 0.15) is 22.3 Å². The van der Waals surface area contributed by atoms with Crippen molar-refractivity contribution >= 4 is 43.1 Å². The summed E-state index contributed by atoms with van der Waals surface area (Å²) in [6.45, 7) is 1.61. The van der Waals surface area contributed by atoms with Gasteiger partial charge in [0.2, 0.25) is 10.0 Å². The standard InChI is InChI=1S/C29H26Cl2FNO5S2/c1-20-5-11-26(12-6-20)39(35,36)14-13-21-3-2-4-23(15-21)19-33(18-22-7-9-25(32)10-8-22)40(37,38)28-17-24(30)16-27(31)29(28)34/h2-12,15-17,34H,13-14,18-19H2,1H3. The Kier molecular flexibility index (Phi) is 9.22. The zero-order valence-corrected chi connectivity index (χ0v) is 24.5. The Morgan fingerprint density at radius 3 is 2.10 bits per heavy atom. The van der Waals surface area contributed by atoms with Gasteiger partial charge in [-0.25, -0.2) is 21.2 Å². The van der Waals surface area contributed by atoms with Crippen molar-refractivity contribution < 1.29 is 26.3 Å². The van der Waals surface area contributed by atoms with Crippen molar-refractivity contribution in [2.24, 2.45) is 0 Å². The Labute approximate surface area is 243 Å². The van der Waals surface area contributed by atoms with E-state index in [9.17, 15) is 26.3 Å². The third-order valence-electron chi connectivity index (χ3n) is 6.27. The summed E-state index contributed by atoms with van der Waals surface area (Å²) in [5.41, 5.74) is 2.77. The number of aromatic hydroxyl groups is 1. The summed E-state index contributed by atoms with van der Waals surface area (Å²) in [5, 5.41) is 10.3. The van der Waals surface area contributed by atoms with E-state index >= 15 is 0 Å². The van der Waals surface area contributed by atoms with Gasteiger partial charge in [0.1, 0.15) is 10.7 Å². The Bertz CT molecular complexity index is 1730. The first-order valence-corrected chi connectivity index (χ1v) is 16.0. The number of aryl methyl sites for hydroxylation is 2. The molecule has 0 aliphatic rings. The van der Waals surface area contributed by atoms with Crippen molar-refractivity contribution in [3.05, 3.63) is 123 Å². The average Bonchev–Trinajstić information content (AvgIpc) is 2.91. The van der Waals surface area contributed by atoms with Crippen LogP contribution < -0.4 is 0 Å². The van der Waals surface area contributed by atoms with Crippen LogP contribution in [0.5, 0.6) is 5.75 Å². The third-order valence-corrected chi connectivity index (χ3v) is 10.3. The molecular weight excluding hydrogens is 596 g/mol. The van der Waals surface area contributed by atoms with Gasteiger partial charge in [0.05, 0.1) is 15.7 Å². The summed E-state index contributed by atoms with van der Waals surface area (Å²) in [6, 6.07) is 21.3. The van der Waals surface area contributed by atoms with Crippen molar-refractivity contribution in [3.8, 4) is 5.75 Å². The lowest BCUT2D eigenvalue weighted by molar-refractivity contribution is 0.394. The van der Waals surface area contributed by atoms with Crippen LogP contribution in [0.15, 0.2) is 94.7 Å². The van der Waals surface area contributed by atoms with Gasteiger partial charge >= 0.3 is 0 Å². The van der Waals surface area contributed by atoms with Crippen molar-refractivity contribution in [3.63, 3.8) is 0 Å². The van der Waals surface area contributed by atoms with Crippen LogP contribution in [0.4, 0.5) is 4.39 Å². The summed E-state index contributed by atoms with van der Waals surface area (Å²) >= 11 is 12.0. The highest BCUT2D eigenvalue weighted by molar-refractivity contribution is 7.91. The molecule has 210 valence electrons. The van der Waals surface area contributed by atoms with Gasteiger partial charge in [0, 0.05) is 18.1 Å². The van der Waals surface area contributed by atoms with Gasteiger partial charge in [0.25, 0.3) is 0 Å². The minimum atomic E-state index is -4.35. The average molecular weight is 623 g/mol. The van der Waals surface area contributed by atoms with Crippen molar-refractivity contribution in [1.29, 1.82) is 0 Å². The summed E-state index contributed by atoms with van der Waals surface area (Å²) in [6.07, 6.45) is 0.222. The fourth-order valence-electron chi connectivity index (χ4n) is 4.10. The first-order chi connectivity index (χ1) is 18.8. The Hall–Kier alpha value is -2.95. The number of nitrogens with zero attached hydrogens (tertiary/aromatic N) is 1. The predicted molar refractivity (Wildman–Crippen MR) is 154 cm³/mol. The smallest absolute Gasteiger partial charge is 0.247 e. The van der Waals surface area contributed by atoms with E-state index in [4.69, 9.17) is 23.2 Å². The van der Waals surface area contributed by atoms with Crippen LogP contribution in [-0.4, -0.2) is 32.0 Å². The van der Waals surface area contributed by atoms with E-state index in [1.807, 2.05) is 6.92 Å². The van der Waals surface area contributed by atoms with Crippen LogP contribution >= 0.6 is 23.2 Å². The number of phenolic OH excluding ortho intramolecular Hbond substituents is 1. The topological polar surface area (TPSA) is 91.8 Å². The molecule has 0 saturated heterocycles. The number of rotatable bonds is 10. The SMILES string of the molecule is Cc1ccc(S(=O)(=O)CCc2cccc(CN(Cc3ccc(F)cc3)S(=O)(=O)c3cc(Cl)cc(Cl)c3O)c2)cc1. The number of hydrogen-bond acceptors (Lipinski definition) is 5. The van der Waals surface area contributed by atoms with Crippen molar-refractivity contribution in [2.45, 2.75) is 36.2 Å². The molecule has 0 aliphatic heterocycles. The third kappa shape index (κ3) is 7.21. The molecule has 4 rings (SSSR count). The quantitative estimate of drug-likeness (QED) is 0.217. The molecule has 0 spiro atoms. The Balaban J connectivity index is 1.63. The lowest BCUT2D eigenvalue weighted by Gasteiger charge is -2.24. The molecule has 0 amide bonds. The fraction of sp³-hybridized carbons (Fsp3) is 0.172. The molecule has 6 nitrogen and oxygen atoms in total. The number of benzene rings is 4. The van der Waals surface area contributed by atoms with Crippen molar-refractivity contribution in [2.75, 3.05) is 5.75 Å². The molecule has 0 aliphatic carbocycles. The molecule has 40 heavy (non-hydrogen) atoms. The van der Waals surface area contributed by atoms with Crippen LogP contribution in [0, 0.1) is 12.7 Å².